The number of nitrogens with zero attached hydrogens (tertiary/aromatic N) is 1. The summed E-state index contributed by atoms with van der Waals surface area (Å²) in [5.74, 6) is -0.423. The summed E-state index contributed by atoms with van der Waals surface area (Å²) in [5, 5.41) is 10.8. The van der Waals surface area contributed by atoms with Gasteiger partial charge in [0.2, 0.25) is 0 Å². The highest BCUT2D eigenvalue weighted by molar-refractivity contribution is 9.10. The molecule has 108 valence electrons. The van der Waals surface area contributed by atoms with Crippen LogP contribution in [0.25, 0.3) is 0 Å². The van der Waals surface area contributed by atoms with Crippen molar-refractivity contribution in [3.63, 3.8) is 0 Å². The Labute approximate surface area is 129 Å². The third-order valence-corrected chi connectivity index (χ3v) is 4.59. The van der Waals surface area contributed by atoms with Gasteiger partial charge < -0.3 is 9.84 Å². The molecule has 2 rings (SSSR count). The normalized spacial score (nSPS) is 14.3. The number of benzene rings is 1. The molecular weight excluding hydrogens is 345 g/mol. The first-order chi connectivity index (χ1) is 9.43. The zero-order valence-electron chi connectivity index (χ0n) is 11.1. The monoisotopic (exact) mass is 359 g/mol. The topological polar surface area (TPSA) is 42.4 Å². The zero-order valence-corrected chi connectivity index (χ0v) is 13.5. The van der Waals surface area contributed by atoms with Crippen LogP contribution in [0.4, 0.5) is 4.39 Å². The van der Waals surface area contributed by atoms with Crippen LogP contribution < -0.4 is 4.74 Å². The van der Waals surface area contributed by atoms with Crippen LogP contribution >= 0.6 is 27.3 Å². The lowest BCUT2D eigenvalue weighted by atomic mass is 9.90. The Morgan fingerprint density at radius 2 is 2.25 bits per heavy atom. The molecule has 0 spiro atoms. The number of aromatic nitrogens is 1. The second-order valence-electron chi connectivity index (χ2n) is 4.81. The molecule has 1 atom stereocenters. The minimum Gasteiger partial charge on any atom is -0.487 e. The summed E-state index contributed by atoms with van der Waals surface area (Å²) in [5.41, 5.74) is 0.476. The van der Waals surface area contributed by atoms with Gasteiger partial charge in [-0.1, -0.05) is 29.8 Å². The number of thiazole rings is 1. The molecule has 1 aromatic carbocycles. The average Bonchev–Trinajstić information content (AvgIpc) is 2.91. The van der Waals surface area contributed by atoms with E-state index in [1.807, 2.05) is 13.8 Å². The summed E-state index contributed by atoms with van der Waals surface area (Å²) in [4.78, 5) is 4.69. The molecule has 0 saturated heterocycles. The van der Waals surface area contributed by atoms with E-state index in [-0.39, 0.29) is 18.3 Å². The van der Waals surface area contributed by atoms with Crippen LogP contribution in [0.2, 0.25) is 0 Å². The molecule has 0 aliphatic heterocycles. The molecule has 20 heavy (non-hydrogen) atoms. The predicted octanol–water partition coefficient (Wildman–Crippen LogP) is 3.97. The second kappa shape index (κ2) is 6.20. The molecule has 2 aromatic rings. The Hall–Kier alpha value is -0.980. The van der Waals surface area contributed by atoms with Gasteiger partial charge in [-0.2, -0.15) is 0 Å². The van der Waals surface area contributed by atoms with E-state index in [2.05, 4.69) is 20.9 Å². The van der Waals surface area contributed by atoms with Crippen molar-refractivity contribution in [1.29, 1.82) is 0 Å². The van der Waals surface area contributed by atoms with Crippen LogP contribution in [-0.2, 0) is 5.60 Å². The third-order valence-electron chi connectivity index (χ3n) is 3.16. The van der Waals surface area contributed by atoms with E-state index in [0.29, 0.717) is 9.35 Å². The molecule has 0 amide bonds. The van der Waals surface area contributed by atoms with Gasteiger partial charge >= 0.3 is 0 Å². The highest BCUT2D eigenvalue weighted by Gasteiger charge is 2.36. The first-order valence-electron chi connectivity index (χ1n) is 6.12. The fraction of sp³-hybridized carbons (Fsp3) is 0.357. The Bertz CT molecular complexity index is 577. The second-order valence-corrected chi connectivity index (χ2v) is 6.61. The molecule has 6 heteroatoms. The molecule has 1 unspecified atom stereocenters. The molecule has 1 heterocycles. The Balaban J connectivity index is 2.18. The van der Waals surface area contributed by atoms with Gasteiger partial charge in [0.05, 0.1) is 10.4 Å². The van der Waals surface area contributed by atoms with E-state index in [1.54, 1.807) is 17.8 Å². The fourth-order valence-corrected chi connectivity index (χ4v) is 2.92. The quantitative estimate of drug-likeness (QED) is 0.878. The van der Waals surface area contributed by atoms with Crippen molar-refractivity contribution in [1.82, 2.24) is 4.98 Å². The van der Waals surface area contributed by atoms with E-state index >= 15 is 0 Å². The van der Waals surface area contributed by atoms with E-state index in [9.17, 15) is 9.50 Å². The summed E-state index contributed by atoms with van der Waals surface area (Å²) in [6.07, 6.45) is 1.62. The highest BCUT2D eigenvalue weighted by atomic mass is 79.9. The number of halogens is 2. The number of hydrogen-bond donors (Lipinski definition) is 1. The molecule has 0 bridgehead atoms. The maximum Gasteiger partial charge on any atom is 0.166 e. The lowest BCUT2D eigenvalue weighted by Gasteiger charge is -2.30. The average molecular weight is 360 g/mol. The minimum atomic E-state index is -1.18. The van der Waals surface area contributed by atoms with Gasteiger partial charge in [-0.05, 0) is 24.1 Å². The van der Waals surface area contributed by atoms with Gasteiger partial charge in [0.25, 0.3) is 0 Å². The van der Waals surface area contributed by atoms with Crippen molar-refractivity contribution in [3.05, 3.63) is 45.1 Å². The van der Waals surface area contributed by atoms with Crippen molar-refractivity contribution in [2.75, 3.05) is 6.61 Å². The van der Waals surface area contributed by atoms with Gasteiger partial charge in [0, 0.05) is 10.7 Å². The molecule has 3 nitrogen and oxygen atoms in total. The van der Waals surface area contributed by atoms with Crippen LogP contribution in [-0.4, -0.2) is 16.7 Å². The number of hydrogen-bond acceptors (Lipinski definition) is 4. The first kappa shape index (κ1) is 15.4. The summed E-state index contributed by atoms with van der Waals surface area (Å²) >= 11 is 4.55. The molecular formula is C14H15BrFNO2S. The molecule has 0 radical (unpaired) electrons. The van der Waals surface area contributed by atoms with E-state index in [0.717, 1.165) is 0 Å². The van der Waals surface area contributed by atoms with Gasteiger partial charge in [0.1, 0.15) is 12.2 Å². The number of rotatable bonds is 5. The number of ether oxygens (including phenoxy) is 1. The third kappa shape index (κ3) is 3.19. The molecule has 1 N–H and O–H groups in total. The van der Waals surface area contributed by atoms with Crippen LogP contribution in [0.15, 0.2) is 34.4 Å². The molecule has 0 aliphatic rings. The predicted molar refractivity (Wildman–Crippen MR) is 80.4 cm³/mol. The SMILES string of the molecule is CC(C)C(O)(COc1ccc(Br)cc1F)c1cncs1. The largest absolute Gasteiger partial charge is 0.487 e. The number of aliphatic hydroxyl groups is 1. The summed E-state index contributed by atoms with van der Waals surface area (Å²) < 4.78 is 19.8. The van der Waals surface area contributed by atoms with Gasteiger partial charge in [-0.15, -0.1) is 11.3 Å². The summed E-state index contributed by atoms with van der Waals surface area (Å²) in [7, 11) is 0. The zero-order chi connectivity index (χ0) is 14.8. The van der Waals surface area contributed by atoms with Crippen molar-refractivity contribution in [3.8, 4) is 5.75 Å². The van der Waals surface area contributed by atoms with E-state index in [1.165, 1.54) is 23.5 Å². The maximum absolute atomic E-state index is 13.7. The maximum atomic E-state index is 13.7. The molecule has 0 saturated carbocycles. The lowest BCUT2D eigenvalue weighted by Crippen LogP contribution is -2.37. The smallest absolute Gasteiger partial charge is 0.166 e. The van der Waals surface area contributed by atoms with E-state index < -0.39 is 11.4 Å². The Morgan fingerprint density at radius 1 is 1.50 bits per heavy atom. The standard InChI is InChI=1S/C14H15BrFNO2S/c1-9(2)14(18,13-6-17-8-20-13)7-19-12-4-3-10(15)5-11(12)16/h3-6,8-9,18H,7H2,1-2H3. The fourth-order valence-electron chi connectivity index (χ4n) is 1.73. The summed E-state index contributed by atoms with van der Waals surface area (Å²) in [6.45, 7) is 3.76. The van der Waals surface area contributed by atoms with Crippen molar-refractivity contribution in [2.45, 2.75) is 19.4 Å². The first-order valence-corrected chi connectivity index (χ1v) is 7.80. The van der Waals surface area contributed by atoms with Gasteiger partial charge in [0.15, 0.2) is 11.6 Å². The van der Waals surface area contributed by atoms with Crippen molar-refractivity contribution >= 4 is 27.3 Å². The van der Waals surface area contributed by atoms with Crippen molar-refractivity contribution < 1.29 is 14.2 Å². The Kier molecular flexibility index (Phi) is 4.78. The van der Waals surface area contributed by atoms with Crippen LogP contribution in [0.3, 0.4) is 0 Å². The minimum absolute atomic E-state index is 0.0224. The molecule has 1 aromatic heterocycles. The molecule has 0 fully saturated rings. The Morgan fingerprint density at radius 3 is 2.80 bits per heavy atom. The van der Waals surface area contributed by atoms with E-state index in [4.69, 9.17) is 4.74 Å². The molecule has 0 aliphatic carbocycles. The van der Waals surface area contributed by atoms with Gasteiger partial charge in [-0.25, -0.2) is 4.39 Å². The van der Waals surface area contributed by atoms with Crippen LogP contribution in [0.1, 0.15) is 18.7 Å². The highest BCUT2D eigenvalue weighted by Crippen LogP contribution is 2.33. The summed E-state index contributed by atoms with van der Waals surface area (Å²) in [6, 6.07) is 4.56. The van der Waals surface area contributed by atoms with Crippen LogP contribution in [0, 0.1) is 11.7 Å². The lowest BCUT2D eigenvalue weighted by molar-refractivity contribution is -0.0465. The van der Waals surface area contributed by atoms with Gasteiger partial charge in [-0.3, -0.25) is 4.98 Å². The van der Waals surface area contributed by atoms with Crippen LogP contribution in [0.5, 0.6) is 5.75 Å². The van der Waals surface area contributed by atoms with Crippen molar-refractivity contribution in [2.24, 2.45) is 5.92 Å².